The summed E-state index contributed by atoms with van der Waals surface area (Å²) in [5.74, 6) is -4.88. The van der Waals surface area contributed by atoms with Gasteiger partial charge in [-0.2, -0.15) is 18.4 Å². The lowest BCUT2D eigenvalue weighted by Gasteiger charge is -2.35. The number of alkyl halides is 3. The fraction of sp³-hybridized carbons (Fsp3) is 0.607. The van der Waals surface area contributed by atoms with E-state index in [9.17, 15) is 37.6 Å². The zero-order chi connectivity index (χ0) is 29.8. The van der Waals surface area contributed by atoms with E-state index in [0.29, 0.717) is 18.5 Å². The molecule has 9 nitrogen and oxygen atoms in total. The zero-order valence-corrected chi connectivity index (χ0v) is 23.1. The van der Waals surface area contributed by atoms with Crippen LogP contribution in [0.4, 0.5) is 13.2 Å². The molecule has 0 aromatic heterocycles. The molecule has 0 spiro atoms. The Hall–Kier alpha value is -3.62. The van der Waals surface area contributed by atoms with E-state index in [1.807, 2.05) is 25.1 Å². The third-order valence-corrected chi connectivity index (χ3v) is 7.41. The van der Waals surface area contributed by atoms with Crippen molar-refractivity contribution in [1.82, 2.24) is 20.9 Å². The van der Waals surface area contributed by atoms with Crippen LogP contribution in [0.25, 0.3) is 0 Å². The van der Waals surface area contributed by atoms with E-state index in [1.165, 1.54) is 0 Å². The van der Waals surface area contributed by atoms with Crippen molar-refractivity contribution in [2.45, 2.75) is 77.7 Å². The summed E-state index contributed by atoms with van der Waals surface area (Å²) < 4.78 is 41.3. The molecule has 3 N–H and O–H groups in total. The van der Waals surface area contributed by atoms with Gasteiger partial charge in [-0.05, 0) is 37.2 Å². The van der Waals surface area contributed by atoms with Crippen molar-refractivity contribution in [3.05, 3.63) is 35.4 Å². The number of carbonyl (C=O) groups excluding carboxylic acids is 4. The number of likely N-dealkylation sites (tertiary alicyclic amines) is 1. The van der Waals surface area contributed by atoms with Crippen LogP contribution in [0, 0.1) is 35.5 Å². The average Bonchev–Trinajstić information content (AvgIpc) is 3.49. The summed E-state index contributed by atoms with van der Waals surface area (Å²) in [6.45, 7) is 6.62. The van der Waals surface area contributed by atoms with Gasteiger partial charge in [-0.25, -0.2) is 0 Å². The van der Waals surface area contributed by atoms with E-state index >= 15 is 0 Å². The Balaban J connectivity index is 1.79. The first-order valence-electron chi connectivity index (χ1n) is 13.3. The lowest BCUT2D eigenvalue weighted by molar-refractivity contribution is -0.171. The van der Waals surface area contributed by atoms with Gasteiger partial charge in [0.25, 0.3) is 0 Å². The lowest BCUT2D eigenvalue weighted by atomic mass is 9.85. The first-order valence-corrected chi connectivity index (χ1v) is 13.3. The Morgan fingerprint density at radius 2 is 1.80 bits per heavy atom. The summed E-state index contributed by atoms with van der Waals surface area (Å²) in [6.07, 6.45) is -4.87. The molecule has 5 atom stereocenters. The van der Waals surface area contributed by atoms with Crippen LogP contribution in [0.5, 0.6) is 0 Å². The molecule has 2 fully saturated rings. The topological polar surface area (TPSA) is 131 Å². The van der Waals surface area contributed by atoms with Crippen molar-refractivity contribution >= 4 is 23.6 Å². The van der Waals surface area contributed by atoms with Crippen LogP contribution in [0.2, 0.25) is 0 Å². The Bertz CT molecular complexity index is 1160. The van der Waals surface area contributed by atoms with E-state index < -0.39 is 72.2 Å². The molecular weight excluding hydrogens is 527 g/mol. The molecule has 3 rings (SSSR count). The number of nitrogens with zero attached hydrogens (tertiary/aromatic N) is 2. The summed E-state index contributed by atoms with van der Waals surface area (Å²) in [5, 5.41) is 17.3. The van der Waals surface area contributed by atoms with Crippen LogP contribution in [-0.4, -0.2) is 65.9 Å². The molecule has 40 heavy (non-hydrogen) atoms. The molecule has 2 aliphatic rings. The lowest BCUT2D eigenvalue weighted by Crippen LogP contribution is -2.58. The van der Waals surface area contributed by atoms with Crippen molar-refractivity contribution in [1.29, 1.82) is 5.26 Å². The number of nitriles is 1. The third-order valence-electron chi connectivity index (χ3n) is 7.41. The van der Waals surface area contributed by atoms with Crippen LogP contribution < -0.4 is 16.0 Å². The van der Waals surface area contributed by atoms with Crippen molar-refractivity contribution < 1.29 is 32.3 Å². The molecule has 2 heterocycles. The third kappa shape index (κ3) is 7.73. The van der Waals surface area contributed by atoms with Crippen molar-refractivity contribution in [3.63, 3.8) is 0 Å². The molecule has 1 aromatic carbocycles. The molecule has 0 saturated carbocycles. The molecule has 0 aliphatic carbocycles. The molecule has 218 valence electrons. The second-order valence-electron chi connectivity index (χ2n) is 11.7. The van der Waals surface area contributed by atoms with Crippen molar-refractivity contribution in [2.24, 2.45) is 17.3 Å². The monoisotopic (exact) mass is 563 g/mol. The minimum atomic E-state index is -4.66. The maximum absolute atomic E-state index is 13.8. The number of halogens is 3. The SMILES string of the molecule is Cc1ccc(CC(=O)NC(C(=O)N2C[C@H](C(F)(F)F)C[C@H]2C(=O)NC(C#N)C[C@@H]2CCNC2=O)C(C)(C)C)cc1. The van der Waals surface area contributed by atoms with Crippen LogP contribution in [0.1, 0.15) is 51.2 Å². The smallest absolute Gasteiger partial charge is 0.356 e. The van der Waals surface area contributed by atoms with Gasteiger partial charge in [0.15, 0.2) is 0 Å². The van der Waals surface area contributed by atoms with E-state index in [2.05, 4.69) is 16.0 Å². The summed E-state index contributed by atoms with van der Waals surface area (Å²) in [4.78, 5) is 52.6. The highest BCUT2D eigenvalue weighted by Crippen LogP contribution is 2.38. The molecule has 2 saturated heterocycles. The standard InChI is InChI=1S/C28H36F3N5O4/c1-16-5-7-17(8-6-16)11-22(37)35-23(27(2,3)4)26(40)36-15-19(28(29,30)31)13-21(36)25(39)34-20(14-32)12-18-9-10-33-24(18)38/h5-8,18-21,23H,9-13,15H2,1-4H3,(H,33,38)(H,34,39)(H,35,37)/t18-,19+,20?,21-,23?/m0/s1. The Labute approximate surface area is 231 Å². The minimum Gasteiger partial charge on any atom is -0.356 e. The first-order chi connectivity index (χ1) is 18.6. The highest BCUT2D eigenvalue weighted by atomic mass is 19.4. The number of benzene rings is 1. The van der Waals surface area contributed by atoms with E-state index in [-0.39, 0.29) is 18.7 Å². The maximum atomic E-state index is 13.8. The maximum Gasteiger partial charge on any atom is 0.393 e. The molecule has 12 heteroatoms. The molecule has 1 aromatic rings. The molecule has 0 bridgehead atoms. The number of hydrogen-bond acceptors (Lipinski definition) is 5. The number of nitrogens with one attached hydrogen (secondary N) is 3. The van der Waals surface area contributed by atoms with Crippen LogP contribution in [0.15, 0.2) is 24.3 Å². The Kier molecular flexibility index (Phi) is 9.48. The number of carbonyl (C=O) groups is 4. The summed E-state index contributed by atoms with van der Waals surface area (Å²) in [6, 6.07) is 5.31. The zero-order valence-electron chi connectivity index (χ0n) is 23.1. The number of rotatable bonds is 8. The van der Waals surface area contributed by atoms with Gasteiger partial charge in [-0.1, -0.05) is 50.6 Å². The van der Waals surface area contributed by atoms with Gasteiger partial charge in [0.1, 0.15) is 18.1 Å². The molecule has 4 amide bonds. The van der Waals surface area contributed by atoms with Crippen LogP contribution in [0.3, 0.4) is 0 Å². The Morgan fingerprint density at radius 3 is 2.33 bits per heavy atom. The Morgan fingerprint density at radius 1 is 1.15 bits per heavy atom. The number of aryl methyl sites for hydroxylation is 1. The predicted molar refractivity (Wildman–Crippen MR) is 139 cm³/mol. The second kappa shape index (κ2) is 12.3. The second-order valence-corrected chi connectivity index (χ2v) is 11.7. The molecular formula is C28H36F3N5O4. The fourth-order valence-corrected chi connectivity index (χ4v) is 5.05. The van der Waals surface area contributed by atoms with Crippen molar-refractivity contribution in [3.8, 4) is 6.07 Å². The van der Waals surface area contributed by atoms with Crippen LogP contribution >= 0.6 is 0 Å². The van der Waals surface area contributed by atoms with Gasteiger partial charge in [-0.15, -0.1) is 0 Å². The predicted octanol–water partition coefficient (Wildman–Crippen LogP) is 2.38. The quantitative estimate of drug-likeness (QED) is 0.447. The molecule has 2 unspecified atom stereocenters. The molecule has 2 aliphatic heterocycles. The van der Waals surface area contributed by atoms with E-state index in [1.54, 1.807) is 32.9 Å². The van der Waals surface area contributed by atoms with Gasteiger partial charge < -0.3 is 20.9 Å². The van der Waals surface area contributed by atoms with E-state index in [0.717, 1.165) is 10.5 Å². The molecule has 0 radical (unpaired) electrons. The van der Waals surface area contributed by atoms with Gasteiger partial charge >= 0.3 is 6.18 Å². The summed E-state index contributed by atoms with van der Waals surface area (Å²) in [5.41, 5.74) is 0.828. The van der Waals surface area contributed by atoms with Gasteiger partial charge in [0.2, 0.25) is 23.6 Å². The number of hydrogen-bond donors (Lipinski definition) is 3. The summed E-state index contributed by atoms with van der Waals surface area (Å²) in [7, 11) is 0. The van der Waals surface area contributed by atoms with E-state index in [4.69, 9.17) is 0 Å². The first kappa shape index (κ1) is 30.9. The normalized spacial score (nSPS) is 22.7. The largest absolute Gasteiger partial charge is 0.393 e. The number of amides is 4. The fourth-order valence-electron chi connectivity index (χ4n) is 5.05. The van der Waals surface area contributed by atoms with Gasteiger partial charge in [0.05, 0.1) is 18.4 Å². The van der Waals surface area contributed by atoms with Gasteiger partial charge in [-0.3, -0.25) is 19.2 Å². The average molecular weight is 564 g/mol. The minimum absolute atomic E-state index is 0.0110. The highest BCUT2D eigenvalue weighted by Gasteiger charge is 2.53. The summed E-state index contributed by atoms with van der Waals surface area (Å²) >= 11 is 0. The van der Waals surface area contributed by atoms with Gasteiger partial charge in [0, 0.05) is 19.0 Å². The van der Waals surface area contributed by atoms with Crippen LogP contribution in [-0.2, 0) is 25.6 Å². The highest BCUT2D eigenvalue weighted by molar-refractivity contribution is 5.93. The van der Waals surface area contributed by atoms with Crippen molar-refractivity contribution in [2.75, 3.05) is 13.1 Å².